The fourth-order valence-electron chi connectivity index (χ4n) is 2.11. The van der Waals surface area contributed by atoms with Gasteiger partial charge in [-0.1, -0.05) is 29.8 Å². The second kappa shape index (κ2) is 7.29. The van der Waals surface area contributed by atoms with E-state index in [1.165, 1.54) is 11.1 Å². The van der Waals surface area contributed by atoms with Gasteiger partial charge in [0.15, 0.2) is 0 Å². The highest BCUT2D eigenvalue weighted by Crippen LogP contribution is 2.25. The molecule has 0 saturated heterocycles. The number of methoxy groups -OCH3 is 1. The lowest BCUT2D eigenvalue weighted by molar-refractivity contribution is 0.414. The molecule has 2 rings (SSSR count). The molecule has 0 aliphatic heterocycles. The monoisotopic (exact) mass is 401 g/mol. The number of ether oxygens (including phenoxy) is 1. The molecular formula is C16H17ClINO. The van der Waals surface area contributed by atoms with Crippen molar-refractivity contribution in [3.05, 3.63) is 62.2 Å². The molecule has 0 amide bonds. The summed E-state index contributed by atoms with van der Waals surface area (Å²) < 4.78 is 6.26. The Hall–Kier alpha value is -0.780. The van der Waals surface area contributed by atoms with Crippen molar-refractivity contribution in [2.45, 2.75) is 12.5 Å². The Labute approximate surface area is 138 Å². The van der Waals surface area contributed by atoms with E-state index in [4.69, 9.17) is 16.3 Å². The van der Waals surface area contributed by atoms with E-state index < -0.39 is 0 Å². The number of hydrogen-bond donors (Lipinski definition) is 1. The lowest BCUT2D eigenvalue weighted by Crippen LogP contribution is -2.18. The Morgan fingerprint density at radius 3 is 2.45 bits per heavy atom. The first kappa shape index (κ1) is 15.6. The van der Waals surface area contributed by atoms with E-state index in [-0.39, 0.29) is 6.04 Å². The number of nitrogens with one attached hydrogen (secondary N) is 1. The molecule has 0 radical (unpaired) electrons. The van der Waals surface area contributed by atoms with Crippen LogP contribution in [0.2, 0.25) is 5.02 Å². The summed E-state index contributed by atoms with van der Waals surface area (Å²) in [6.45, 7) is 0. The molecule has 1 unspecified atom stereocenters. The van der Waals surface area contributed by atoms with Crippen molar-refractivity contribution in [2.24, 2.45) is 0 Å². The van der Waals surface area contributed by atoms with Gasteiger partial charge in [-0.25, -0.2) is 0 Å². The van der Waals surface area contributed by atoms with E-state index in [1.807, 2.05) is 25.2 Å². The first-order valence-corrected chi connectivity index (χ1v) is 7.85. The highest BCUT2D eigenvalue weighted by atomic mass is 127. The average Bonchev–Trinajstić information content (AvgIpc) is 2.48. The zero-order valence-electron chi connectivity index (χ0n) is 11.5. The quantitative estimate of drug-likeness (QED) is 0.747. The summed E-state index contributed by atoms with van der Waals surface area (Å²) in [5.41, 5.74) is 2.47. The Morgan fingerprint density at radius 1 is 1.20 bits per heavy atom. The highest BCUT2D eigenvalue weighted by Gasteiger charge is 2.11. The highest BCUT2D eigenvalue weighted by molar-refractivity contribution is 14.1. The van der Waals surface area contributed by atoms with Crippen LogP contribution in [-0.4, -0.2) is 14.2 Å². The van der Waals surface area contributed by atoms with Gasteiger partial charge in [-0.05, 0) is 71.5 Å². The molecular weight excluding hydrogens is 385 g/mol. The lowest BCUT2D eigenvalue weighted by atomic mass is 9.99. The Balaban J connectivity index is 2.16. The van der Waals surface area contributed by atoms with Gasteiger partial charge in [0.05, 0.1) is 12.1 Å². The van der Waals surface area contributed by atoms with Gasteiger partial charge in [-0.2, -0.15) is 0 Å². The summed E-state index contributed by atoms with van der Waals surface area (Å²) in [7, 11) is 3.65. The molecule has 0 aromatic heterocycles. The molecule has 2 aromatic carbocycles. The number of rotatable bonds is 5. The molecule has 0 aliphatic rings. The molecule has 0 bridgehead atoms. The van der Waals surface area contributed by atoms with Crippen LogP contribution in [0, 0.1) is 3.57 Å². The van der Waals surface area contributed by atoms with Crippen LogP contribution >= 0.6 is 34.2 Å². The van der Waals surface area contributed by atoms with Gasteiger partial charge in [0, 0.05) is 9.61 Å². The van der Waals surface area contributed by atoms with Crippen LogP contribution in [0.15, 0.2) is 42.5 Å². The molecule has 0 aliphatic carbocycles. The number of likely N-dealkylation sites (N-methyl/N-ethyl adjacent to an activating group) is 1. The number of halogens is 2. The molecule has 1 atom stereocenters. The van der Waals surface area contributed by atoms with Gasteiger partial charge >= 0.3 is 0 Å². The first-order chi connectivity index (χ1) is 9.63. The van der Waals surface area contributed by atoms with Crippen molar-refractivity contribution in [2.75, 3.05) is 14.2 Å². The SMILES string of the molecule is CNC(Cc1ccc(OC)cc1)c1ccc(I)c(Cl)c1. The standard InChI is InChI=1S/C16H17ClINO/c1-19-16(12-5-8-15(18)14(17)10-12)9-11-3-6-13(20-2)7-4-11/h3-8,10,16,19H,9H2,1-2H3. The molecule has 0 heterocycles. The molecule has 106 valence electrons. The Kier molecular flexibility index (Phi) is 5.69. The number of benzene rings is 2. The topological polar surface area (TPSA) is 21.3 Å². The van der Waals surface area contributed by atoms with Gasteiger partial charge < -0.3 is 10.1 Å². The predicted octanol–water partition coefficient (Wildman–Crippen LogP) is 4.46. The zero-order chi connectivity index (χ0) is 14.5. The smallest absolute Gasteiger partial charge is 0.118 e. The van der Waals surface area contributed by atoms with Crippen molar-refractivity contribution in [1.82, 2.24) is 5.32 Å². The van der Waals surface area contributed by atoms with E-state index in [1.54, 1.807) is 7.11 Å². The molecule has 0 fully saturated rings. The second-order valence-corrected chi connectivity index (χ2v) is 6.14. The Bertz CT molecular complexity index is 571. The predicted molar refractivity (Wildman–Crippen MR) is 92.7 cm³/mol. The van der Waals surface area contributed by atoms with Crippen LogP contribution in [-0.2, 0) is 6.42 Å². The third-order valence-electron chi connectivity index (χ3n) is 3.29. The summed E-state index contributed by atoms with van der Waals surface area (Å²) in [6.07, 6.45) is 0.914. The maximum Gasteiger partial charge on any atom is 0.118 e. The third kappa shape index (κ3) is 3.87. The lowest BCUT2D eigenvalue weighted by Gasteiger charge is -2.17. The summed E-state index contributed by atoms with van der Waals surface area (Å²) in [4.78, 5) is 0. The van der Waals surface area contributed by atoms with Crippen LogP contribution in [0.3, 0.4) is 0 Å². The second-order valence-electron chi connectivity index (χ2n) is 4.57. The molecule has 1 N–H and O–H groups in total. The molecule has 2 aromatic rings. The van der Waals surface area contributed by atoms with E-state index >= 15 is 0 Å². The van der Waals surface area contributed by atoms with Crippen molar-refractivity contribution in [3.8, 4) is 5.75 Å². The fourth-order valence-corrected chi connectivity index (χ4v) is 2.64. The molecule has 4 heteroatoms. The van der Waals surface area contributed by atoms with Gasteiger partial charge in [-0.15, -0.1) is 0 Å². The number of hydrogen-bond acceptors (Lipinski definition) is 2. The molecule has 2 nitrogen and oxygen atoms in total. The van der Waals surface area contributed by atoms with Crippen LogP contribution < -0.4 is 10.1 Å². The van der Waals surface area contributed by atoms with Gasteiger partial charge in [0.1, 0.15) is 5.75 Å². The normalized spacial score (nSPS) is 12.2. The van der Waals surface area contributed by atoms with E-state index in [2.05, 4.69) is 52.2 Å². The molecule has 0 spiro atoms. The van der Waals surface area contributed by atoms with Gasteiger partial charge in [0.2, 0.25) is 0 Å². The maximum absolute atomic E-state index is 6.21. The summed E-state index contributed by atoms with van der Waals surface area (Å²) in [5.74, 6) is 0.882. The fraction of sp³-hybridized carbons (Fsp3) is 0.250. The molecule has 0 saturated carbocycles. The van der Waals surface area contributed by atoms with E-state index in [0.717, 1.165) is 20.8 Å². The minimum Gasteiger partial charge on any atom is -0.497 e. The summed E-state index contributed by atoms with van der Waals surface area (Å²) in [6, 6.07) is 14.6. The first-order valence-electron chi connectivity index (χ1n) is 6.39. The van der Waals surface area contributed by atoms with Crippen LogP contribution in [0.25, 0.3) is 0 Å². The summed E-state index contributed by atoms with van der Waals surface area (Å²) in [5, 5.41) is 4.15. The van der Waals surface area contributed by atoms with E-state index in [9.17, 15) is 0 Å². The van der Waals surface area contributed by atoms with Crippen LogP contribution in [0.5, 0.6) is 5.75 Å². The third-order valence-corrected chi connectivity index (χ3v) is 4.87. The summed E-state index contributed by atoms with van der Waals surface area (Å²) >= 11 is 8.45. The van der Waals surface area contributed by atoms with Crippen molar-refractivity contribution in [1.29, 1.82) is 0 Å². The Morgan fingerprint density at radius 2 is 1.90 bits per heavy atom. The minimum atomic E-state index is 0.248. The zero-order valence-corrected chi connectivity index (χ0v) is 14.4. The minimum absolute atomic E-state index is 0.248. The largest absolute Gasteiger partial charge is 0.497 e. The van der Waals surface area contributed by atoms with Gasteiger partial charge in [-0.3, -0.25) is 0 Å². The van der Waals surface area contributed by atoms with Crippen LogP contribution in [0.4, 0.5) is 0 Å². The van der Waals surface area contributed by atoms with Crippen molar-refractivity contribution < 1.29 is 4.74 Å². The van der Waals surface area contributed by atoms with Crippen molar-refractivity contribution in [3.63, 3.8) is 0 Å². The maximum atomic E-state index is 6.21. The average molecular weight is 402 g/mol. The van der Waals surface area contributed by atoms with Crippen molar-refractivity contribution >= 4 is 34.2 Å². The van der Waals surface area contributed by atoms with Gasteiger partial charge in [0.25, 0.3) is 0 Å². The molecule has 20 heavy (non-hydrogen) atoms. The van der Waals surface area contributed by atoms with E-state index in [0.29, 0.717) is 0 Å². The van der Waals surface area contributed by atoms with Crippen LogP contribution in [0.1, 0.15) is 17.2 Å².